The Balaban J connectivity index is 2.22. The van der Waals surface area contributed by atoms with Crippen molar-refractivity contribution >= 4 is 0 Å². The third-order valence-electron chi connectivity index (χ3n) is 3.19. The van der Waals surface area contributed by atoms with Gasteiger partial charge in [0.25, 0.3) is 0 Å². The molecule has 1 rings (SSSR count). The van der Waals surface area contributed by atoms with Gasteiger partial charge in [-0.1, -0.05) is 13.8 Å². The van der Waals surface area contributed by atoms with Crippen LogP contribution < -0.4 is 5.73 Å². The number of piperidine rings is 1. The molecular weight excluding hydrogens is 176 g/mol. The molecule has 0 saturated carbocycles. The molecule has 2 N–H and O–H groups in total. The van der Waals surface area contributed by atoms with Gasteiger partial charge in [-0.2, -0.15) is 0 Å². The van der Waals surface area contributed by atoms with Crippen molar-refractivity contribution in [1.29, 1.82) is 0 Å². The Morgan fingerprint density at radius 2 is 1.93 bits per heavy atom. The van der Waals surface area contributed by atoms with Crippen LogP contribution in [-0.2, 0) is 4.74 Å². The summed E-state index contributed by atoms with van der Waals surface area (Å²) in [5.74, 6) is 0.579. The van der Waals surface area contributed by atoms with Gasteiger partial charge in [0.05, 0.1) is 6.10 Å². The van der Waals surface area contributed by atoms with Gasteiger partial charge in [0.2, 0.25) is 0 Å². The predicted molar refractivity (Wildman–Crippen MR) is 59.3 cm³/mol. The van der Waals surface area contributed by atoms with Crippen molar-refractivity contribution in [2.24, 2.45) is 11.7 Å². The number of nitrogens with two attached hydrogens (primary N) is 1. The molecule has 1 saturated heterocycles. The Labute approximate surface area is 87.6 Å². The minimum atomic E-state index is 0.314. The van der Waals surface area contributed by atoms with Crippen molar-refractivity contribution in [3.8, 4) is 0 Å². The average Bonchev–Trinajstić information content (AvgIpc) is 2.19. The third-order valence-corrected chi connectivity index (χ3v) is 3.19. The van der Waals surface area contributed by atoms with Gasteiger partial charge in [-0.25, -0.2) is 0 Å². The second kappa shape index (κ2) is 5.69. The molecule has 14 heavy (non-hydrogen) atoms. The SMILES string of the molecule is COC1CCN(CC(N)C(C)C)CC1. The van der Waals surface area contributed by atoms with Gasteiger partial charge < -0.3 is 15.4 Å². The zero-order chi connectivity index (χ0) is 10.6. The number of hydrogen-bond acceptors (Lipinski definition) is 3. The monoisotopic (exact) mass is 200 g/mol. The molecular formula is C11H24N2O. The molecule has 0 radical (unpaired) electrons. The van der Waals surface area contributed by atoms with Crippen LogP contribution in [-0.4, -0.2) is 43.8 Å². The molecule has 0 spiro atoms. The Hall–Kier alpha value is -0.120. The summed E-state index contributed by atoms with van der Waals surface area (Å²) in [5, 5.41) is 0. The van der Waals surface area contributed by atoms with E-state index < -0.39 is 0 Å². The lowest BCUT2D eigenvalue weighted by atomic mass is 10.0. The van der Waals surface area contributed by atoms with Gasteiger partial charge in [-0.05, 0) is 18.8 Å². The summed E-state index contributed by atoms with van der Waals surface area (Å²) in [7, 11) is 1.81. The van der Waals surface area contributed by atoms with Crippen LogP contribution in [0.4, 0.5) is 0 Å². The highest BCUT2D eigenvalue weighted by molar-refractivity contribution is 4.77. The fourth-order valence-corrected chi connectivity index (χ4v) is 1.84. The summed E-state index contributed by atoms with van der Waals surface area (Å²) in [6, 6.07) is 0.314. The van der Waals surface area contributed by atoms with Crippen molar-refractivity contribution in [2.75, 3.05) is 26.7 Å². The molecule has 0 amide bonds. The second-order valence-corrected chi connectivity index (χ2v) is 4.64. The Kier molecular flexibility index (Phi) is 4.85. The minimum absolute atomic E-state index is 0.314. The van der Waals surface area contributed by atoms with Crippen LogP contribution in [0.1, 0.15) is 26.7 Å². The van der Waals surface area contributed by atoms with E-state index in [0.717, 1.165) is 32.5 Å². The van der Waals surface area contributed by atoms with E-state index in [1.165, 1.54) is 0 Å². The normalized spacial score (nSPS) is 22.9. The average molecular weight is 200 g/mol. The van der Waals surface area contributed by atoms with Crippen molar-refractivity contribution < 1.29 is 4.74 Å². The zero-order valence-corrected chi connectivity index (χ0v) is 9.70. The predicted octanol–water partition coefficient (Wildman–Crippen LogP) is 1.08. The minimum Gasteiger partial charge on any atom is -0.381 e. The molecule has 1 fully saturated rings. The van der Waals surface area contributed by atoms with Crippen LogP contribution >= 0.6 is 0 Å². The Morgan fingerprint density at radius 1 is 1.36 bits per heavy atom. The largest absolute Gasteiger partial charge is 0.381 e. The van der Waals surface area contributed by atoms with Crippen molar-refractivity contribution in [3.05, 3.63) is 0 Å². The molecule has 0 aliphatic carbocycles. The molecule has 1 aliphatic heterocycles. The number of hydrogen-bond donors (Lipinski definition) is 1. The molecule has 0 aromatic rings. The molecule has 1 heterocycles. The molecule has 84 valence electrons. The topological polar surface area (TPSA) is 38.5 Å². The Morgan fingerprint density at radius 3 is 2.36 bits per heavy atom. The fourth-order valence-electron chi connectivity index (χ4n) is 1.84. The molecule has 1 aliphatic rings. The van der Waals surface area contributed by atoms with Crippen LogP contribution in [0, 0.1) is 5.92 Å². The van der Waals surface area contributed by atoms with Crippen LogP contribution in [0.5, 0.6) is 0 Å². The lowest BCUT2D eigenvalue weighted by molar-refractivity contribution is 0.0382. The second-order valence-electron chi connectivity index (χ2n) is 4.64. The maximum atomic E-state index is 6.04. The molecule has 1 atom stereocenters. The maximum Gasteiger partial charge on any atom is 0.0595 e. The van der Waals surface area contributed by atoms with Gasteiger partial charge in [0, 0.05) is 32.8 Å². The van der Waals surface area contributed by atoms with Gasteiger partial charge in [-0.15, -0.1) is 0 Å². The first-order valence-corrected chi connectivity index (χ1v) is 5.64. The molecule has 0 bridgehead atoms. The number of likely N-dealkylation sites (tertiary alicyclic amines) is 1. The molecule has 0 aromatic carbocycles. The zero-order valence-electron chi connectivity index (χ0n) is 9.70. The van der Waals surface area contributed by atoms with E-state index in [1.54, 1.807) is 7.11 Å². The summed E-state index contributed by atoms with van der Waals surface area (Å²) in [6.07, 6.45) is 2.78. The van der Waals surface area contributed by atoms with Gasteiger partial charge in [0.1, 0.15) is 0 Å². The highest BCUT2D eigenvalue weighted by Crippen LogP contribution is 2.13. The summed E-state index contributed by atoms with van der Waals surface area (Å²) in [5.41, 5.74) is 6.04. The smallest absolute Gasteiger partial charge is 0.0595 e. The van der Waals surface area contributed by atoms with E-state index in [4.69, 9.17) is 10.5 Å². The van der Waals surface area contributed by atoms with E-state index in [0.29, 0.717) is 18.1 Å². The van der Waals surface area contributed by atoms with E-state index in [2.05, 4.69) is 18.7 Å². The number of ether oxygens (including phenoxy) is 1. The van der Waals surface area contributed by atoms with Crippen LogP contribution in [0.15, 0.2) is 0 Å². The fraction of sp³-hybridized carbons (Fsp3) is 1.00. The van der Waals surface area contributed by atoms with Crippen molar-refractivity contribution in [1.82, 2.24) is 4.90 Å². The van der Waals surface area contributed by atoms with E-state index >= 15 is 0 Å². The van der Waals surface area contributed by atoms with Gasteiger partial charge >= 0.3 is 0 Å². The van der Waals surface area contributed by atoms with Gasteiger partial charge in [-0.3, -0.25) is 0 Å². The first-order chi connectivity index (χ1) is 6.63. The van der Waals surface area contributed by atoms with Crippen LogP contribution in [0.25, 0.3) is 0 Å². The van der Waals surface area contributed by atoms with E-state index in [-0.39, 0.29) is 0 Å². The summed E-state index contributed by atoms with van der Waals surface area (Å²) < 4.78 is 5.33. The summed E-state index contributed by atoms with van der Waals surface area (Å²) in [6.45, 7) is 7.69. The molecule has 1 unspecified atom stereocenters. The number of methoxy groups -OCH3 is 1. The lowest BCUT2D eigenvalue weighted by Gasteiger charge is -2.33. The summed E-state index contributed by atoms with van der Waals surface area (Å²) >= 11 is 0. The quantitative estimate of drug-likeness (QED) is 0.738. The Bertz CT molecular complexity index is 153. The molecule has 3 nitrogen and oxygen atoms in total. The first kappa shape index (κ1) is 12.0. The summed E-state index contributed by atoms with van der Waals surface area (Å²) in [4.78, 5) is 2.46. The molecule has 3 heteroatoms. The number of rotatable bonds is 4. The van der Waals surface area contributed by atoms with E-state index in [9.17, 15) is 0 Å². The standard InChI is InChI=1S/C11H24N2O/c1-9(2)11(12)8-13-6-4-10(14-3)5-7-13/h9-11H,4-8,12H2,1-3H3. The van der Waals surface area contributed by atoms with Crippen molar-refractivity contribution in [3.63, 3.8) is 0 Å². The first-order valence-electron chi connectivity index (χ1n) is 5.64. The van der Waals surface area contributed by atoms with Crippen molar-refractivity contribution in [2.45, 2.75) is 38.8 Å². The van der Waals surface area contributed by atoms with E-state index in [1.807, 2.05) is 0 Å². The van der Waals surface area contributed by atoms with Crippen LogP contribution in [0.2, 0.25) is 0 Å². The van der Waals surface area contributed by atoms with Gasteiger partial charge in [0.15, 0.2) is 0 Å². The highest BCUT2D eigenvalue weighted by Gasteiger charge is 2.20. The lowest BCUT2D eigenvalue weighted by Crippen LogP contribution is -2.45. The highest BCUT2D eigenvalue weighted by atomic mass is 16.5. The van der Waals surface area contributed by atoms with Crippen LogP contribution in [0.3, 0.4) is 0 Å². The number of nitrogens with zero attached hydrogens (tertiary/aromatic N) is 1. The molecule has 0 aromatic heterocycles. The third kappa shape index (κ3) is 3.56. The maximum absolute atomic E-state index is 6.04.